The van der Waals surface area contributed by atoms with E-state index < -0.39 is 10.0 Å². The van der Waals surface area contributed by atoms with Gasteiger partial charge in [0, 0.05) is 18.0 Å². The molecule has 1 atom stereocenters. The number of hydrogen-bond donors (Lipinski definition) is 1. The van der Waals surface area contributed by atoms with E-state index >= 15 is 0 Å². The first-order chi connectivity index (χ1) is 17.2. The van der Waals surface area contributed by atoms with Crippen LogP contribution in [-0.4, -0.2) is 56.5 Å². The minimum Gasteiger partial charge on any atom is -0.494 e. The Balaban J connectivity index is 1.73. The summed E-state index contributed by atoms with van der Waals surface area (Å²) in [7, 11) is -3.69. The molecule has 0 spiro atoms. The van der Waals surface area contributed by atoms with Gasteiger partial charge < -0.3 is 15.0 Å². The Bertz CT molecular complexity index is 1160. The van der Waals surface area contributed by atoms with Gasteiger partial charge in [-0.3, -0.25) is 9.59 Å². The Morgan fingerprint density at radius 1 is 1.14 bits per heavy atom. The minimum absolute atomic E-state index is 0.111. The standard InChI is InChI=1S/C26H35N3O5S2/c1-5-8-15-34-21-11-9-20(10-12-21)19(4)27-25(30)17-29-23-16-22(36(32,33)28(6-2)7-3)13-14-24(23)35-18-26(29)31/h9-14,16,19H,5-8,15,17-18H2,1-4H3,(H,27,30)/t19-/m1/s1. The maximum atomic E-state index is 13.0. The molecule has 36 heavy (non-hydrogen) atoms. The quantitative estimate of drug-likeness (QED) is 0.411. The number of thioether (sulfide) groups is 1. The smallest absolute Gasteiger partial charge is 0.243 e. The summed E-state index contributed by atoms with van der Waals surface area (Å²) in [5.41, 5.74) is 1.36. The Morgan fingerprint density at radius 3 is 2.47 bits per heavy atom. The third-order valence-corrected chi connectivity index (χ3v) is 9.14. The molecule has 196 valence electrons. The normalized spacial score (nSPS) is 14.5. The second kappa shape index (κ2) is 12.6. The van der Waals surface area contributed by atoms with E-state index in [1.165, 1.54) is 27.0 Å². The van der Waals surface area contributed by atoms with Crippen molar-refractivity contribution in [2.45, 2.75) is 56.4 Å². The number of nitrogens with one attached hydrogen (secondary N) is 1. The fourth-order valence-electron chi connectivity index (χ4n) is 3.93. The van der Waals surface area contributed by atoms with Crippen molar-refractivity contribution in [2.24, 2.45) is 0 Å². The summed E-state index contributed by atoms with van der Waals surface area (Å²) in [4.78, 5) is 27.9. The van der Waals surface area contributed by atoms with Gasteiger partial charge in [-0.15, -0.1) is 11.8 Å². The summed E-state index contributed by atoms with van der Waals surface area (Å²) in [6.07, 6.45) is 2.06. The molecule has 3 rings (SSSR count). The van der Waals surface area contributed by atoms with Crippen molar-refractivity contribution < 1.29 is 22.7 Å². The Labute approximate surface area is 218 Å². The monoisotopic (exact) mass is 533 g/mol. The number of unbranched alkanes of at least 4 members (excludes halogenated alkanes) is 1. The Morgan fingerprint density at radius 2 is 1.83 bits per heavy atom. The molecule has 0 radical (unpaired) electrons. The number of rotatable bonds is 12. The molecule has 2 aromatic rings. The highest BCUT2D eigenvalue weighted by molar-refractivity contribution is 8.00. The lowest BCUT2D eigenvalue weighted by molar-refractivity contribution is -0.123. The van der Waals surface area contributed by atoms with Crippen LogP contribution >= 0.6 is 11.8 Å². The van der Waals surface area contributed by atoms with Crippen molar-refractivity contribution in [2.75, 3.05) is 36.9 Å². The van der Waals surface area contributed by atoms with Crippen molar-refractivity contribution in [3.8, 4) is 5.75 Å². The zero-order valence-corrected chi connectivity index (χ0v) is 23.0. The molecule has 1 N–H and O–H groups in total. The van der Waals surface area contributed by atoms with Crippen LogP contribution in [0.5, 0.6) is 5.75 Å². The van der Waals surface area contributed by atoms with Crippen LogP contribution in [-0.2, 0) is 19.6 Å². The zero-order chi connectivity index (χ0) is 26.3. The maximum absolute atomic E-state index is 13.0. The van der Waals surface area contributed by atoms with Crippen LogP contribution in [0.25, 0.3) is 0 Å². The first-order valence-corrected chi connectivity index (χ1v) is 14.7. The summed E-state index contributed by atoms with van der Waals surface area (Å²) >= 11 is 1.34. The second-order valence-electron chi connectivity index (χ2n) is 8.55. The highest BCUT2D eigenvalue weighted by Gasteiger charge is 2.30. The average molecular weight is 534 g/mol. The van der Waals surface area contributed by atoms with Crippen molar-refractivity contribution in [3.05, 3.63) is 48.0 Å². The molecule has 10 heteroatoms. The number of hydrogen-bond acceptors (Lipinski definition) is 6. The van der Waals surface area contributed by atoms with Crippen LogP contribution < -0.4 is 15.0 Å². The minimum atomic E-state index is -3.69. The summed E-state index contributed by atoms with van der Waals surface area (Å²) in [6, 6.07) is 12.1. The van der Waals surface area contributed by atoms with Gasteiger partial charge in [0.15, 0.2) is 0 Å². The number of sulfonamides is 1. The number of fused-ring (bicyclic) bond motifs is 1. The molecule has 0 bridgehead atoms. The second-order valence-corrected chi connectivity index (χ2v) is 11.5. The van der Waals surface area contributed by atoms with E-state index in [4.69, 9.17) is 4.74 Å². The number of carbonyl (C=O) groups is 2. The molecule has 0 unspecified atom stereocenters. The van der Waals surface area contributed by atoms with Crippen LogP contribution in [0.4, 0.5) is 5.69 Å². The lowest BCUT2D eigenvalue weighted by atomic mass is 10.1. The highest BCUT2D eigenvalue weighted by Crippen LogP contribution is 2.37. The van der Waals surface area contributed by atoms with E-state index in [0.717, 1.165) is 29.1 Å². The molecule has 1 heterocycles. The summed E-state index contributed by atoms with van der Waals surface area (Å²) < 4.78 is 33.1. The number of amides is 2. The lowest BCUT2D eigenvalue weighted by Gasteiger charge is -2.30. The molecule has 1 aliphatic heterocycles. The molecule has 2 amide bonds. The van der Waals surface area contributed by atoms with Gasteiger partial charge in [0.25, 0.3) is 0 Å². The fourth-order valence-corrected chi connectivity index (χ4v) is 6.32. The maximum Gasteiger partial charge on any atom is 0.243 e. The molecule has 8 nitrogen and oxygen atoms in total. The van der Waals surface area contributed by atoms with Crippen LogP contribution in [0.15, 0.2) is 52.3 Å². The molecule has 0 aliphatic carbocycles. The first-order valence-electron chi connectivity index (χ1n) is 12.3. The fraction of sp³-hybridized carbons (Fsp3) is 0.462. The first kappa shape index (κ1) is 28.0. The molecule has 0 saturated heterocycles. The van der Waals surface area contributed by atoms with E-state index in [2.05, 4.69) is 12.2 Å². The highest BCUT2D eigenvalue weighted by atomic mass is 32.2. The topological polar surface area (TPSA) is 96.0 Å². The van der Waals surface area contributed by atoms with Crippen molar-refractivity contribution in [1.82, 2.24) is 9.62 Å². The van der Waals surface area contributed by atoms with E-state index in [1.807, 2.05) is 31.2 Å². The predicted octanol–water partition coefficient (Wildman–Crippen LogP) is 4.21. The van der Waals surface area contributed by atoms with E-state index in [0.29, 0.717) is 25.4 Å². The summed E-state index contributed by atoms with van der Waals surface area (Å²) in [6.45, 7) is 8.72. The molecule has 2 aromatic carbocycles. The van der Waals surface area contributed by atoms with Crippen LogP contribution in [0.2, 0.25) is 0 Å². The van der Waals surface area contributed by atoms with Gasteiger partial charge in [-0.1, -0.05) is 39.3 Å². The van der Waals surface area contributed by atoms with Gasteiger partial charge in [-0.2, -0.15) is 4.31 Å². The third kappa shape index (κ3) is 6.60. The summed E-state index contributed by atoms with van der Waals surface area (Å²) in [5, 5.41) is 2.94. The summed E-state index contributed by atoms with van der Waals surface area (Å²) in [5.74, 6) is 0.418. The molecule has 0 saturated carbocycles. The van der Waals surface area contributed by atoms with Crippen LogP contribution in [0.1, 0.15) is 52.1 Å². The van der Waals surface area contributed by atoms with Crippen LogP contribution in [0, 0.1) is 0 Å². The van der Waals surface area contributed by atoms with Gasteiger partial charge in [0.2, 0.25) is 21.8 Å². The van der Waals surface area contributed by atoms with Crippen molar-refractivity contribution >= 4 is 39.3 Å². The Kier molecular flexibility index (Phi) is 9.81. The van der Waals surface area contributed by atoms with Crippen molar-refractivity contribution in [1.29, 1.82) is 0 Å². The van der Waals surface area contributed by atoms with Crippen LogP contribution in [0.3, 0.4) is 0 Å². The average Bonchev–Trinajstić information content (AvgIpc) is 2.86. The third-order valence-electron chi connectivity index (χ3n) is 6.04. The van der Waals surface area contributed by atoms with Crippen molar-refractivity contribution in [3.63, 3.8) is 0 Å². The molecular weight excluding hydrogens is 498 g/mol. The van der Waals surface area contributed by atoms with Gasteiger partial charge in [-0.05, 0) is 49.2 Å². The zero-order valence-electron chi connectivity index (χ0n) is 21.3. The predicted molar refractivity (Wildman–Crippen MR) is 143 cm³/mol. The molecule has 0 fully saturated rings. The number of anilines is 1. The molecule has 1 aliphatic rings. The Hall–Kier alpha value is -2.56. The van der Waals surface area contributed by atoms with Gasteiger partial charge >= 0.3 is 0 Å². The van der Waals surface area contributed by atoms with E-state index in [1.54, 1.807) is 26.0 Å². The molecule has 0 aromatic heterocycles. The van der Waals surface area contributed by atoms with Gasteiger partial charge in [-0.25, -0.2) is 8.42 Å². The lowest BCUT2D eigenvalue weighted by Crippen LogP contribution is -2.44. The largest absolute Gasteiger partial charge is 0.494 e. The van der Waals surface area contributed by atoms with E-state index in [-0.39, 0.29) is 35.0 Å². The number of benzene rings is 2. The number of nitrogens with zero attached hydrogens (tertiary/aromatic N) is 2. The SMILES string of the molecule is CCCCOc1ccc([C@@H](C)NC(=O)CN2C(=O)CSc3ccc(S(=O)(=O)N(CC)CC)cc32)cc1. The van der Waals surface area contributed by atoms with Gasteiger partial charge in [0.1, 0.15) is 12.3 Å². The number of ether oxygens (including phenoxy) is 1. The van der Waals surface area contributed by atoms with Gasteiger partial charge in [0.05, 0.1) is 29.0 Å². The molecular formula is C26H35N3O5S2. The van der Waals surface area contributed by atoms with E-state index in [9.17, 15) is 18.0 Å². The number of carbonyl (C=O) groups excluding carboxylic acids is 2.